The molecule has 0 radical (unpaired) electrons. The van der Waals surface area contributed by atoms with E-state index < -0.39 is 0 Å². The summed E-state index contributed by atoms with van der Waals surface area (Å²) in [5, 5.41) is 0. The van der Waals surface area contributed by atoms with Gasteiger partial charge in [0.2, 0.25) is 0 Å². The molecule has 0 fully saturated rings. The van der Waals surface area contributed by atoms with Crippen LogP contribution in [0.25, 0.3) is 0 Å². The Morgan fingerprint density at radius 2 is 1.65 bits per heavy atom. The number of methoxy groups -OCH3 is 1. The molecule has 3 heteroatoms. The average Bonchev–Trinajstić information content (AvgIpc) is 2.50. The second-order valence-electron chi connectivity index (χ2n) is 4.97. The number of benzene rings is 2. The van der Waals surface area contributed by atoms with Gasteiger partial charge in [0, 0.05) is 18.5 Å². The first-order valence-corrected chi connectivity index (χ1v) is 6.88. The van der Waals surface area contributed by atoms with Gasteiger partial charge in [0.15, 0.2) is 0 Å². The number of rotatable bonds is 6. The minimum absolute atomic E-state index is 0.01000. The molecule has 0 saturated carbocycles. The summed E-state index contributed by atoms with van der Waals surface area (Å²) in [6.45, 7) is 0.557. The lowest BCUT2D eigenvalue weighted by molar-refractivity contribution is 0.414. The Bertz CT molecular complexity index is 510. The molecule has 0 aliphatic carbocycles. The zero-order chi connectivity index (χ0) is 14.4. The fourth-order valence-corrected chi connectivity index (χ4v) is 2.43. The Labute approximate surface area is 120 Å². The molecule has 0 heterocycles. The largest absolute Gasteiger partial charge is 0.497 e. The molecule has 0 aliphatic rings. The molecule has 4 N–H and O–H groups in total. The predicted octanol–water partition coefficient (Wildman–Crippen LogP) is 2.31. The molecular formula is C17H22N2O. The molecule has 3 nitrogen and oxygen atoms in total. The van der Waals surface area contributed by atoms with Gasteiger partial charge in [0.25, 0.3) is 0 Å². The smallest absolute Gasteiger partial charge is 0.118 e. The molecule has 0 aliphatic heterocycles. The summed E-state index contributed by atoms with van der Waals surface area (Å²) in [4.78, 5) is 0. The van der Waals surface area contributed by atoms with Crippen LogP contribution >= 0.6 is 0 Å². The maximum absolute atomic E-state index is 6.35. The van der Waals surface area contributed by atoms with Crippen molar-refractivity contribution < 1.29 is 4.74 Å². The third kappa shape index (κ3) is 3.59. The van der Waals surface area contributed by atoms with Crippen LogP contribution in [0.5, 0.6) is 5.75 Å². The van der Waals surface area contributed by atoms with E-state index in [-0.39, 0.29) is 12.0 Å². The van der Waals surface area contributed by atoms with E-state index in [0.717, 1.165) is 12.2 Å². The molecule has 2 atom stereocenters. The summed E-state index contributed by atoms with van der Waals surface area (Å²) in [7, 11) is 1.67. The highest BCUT2D eigenvalue weighted by atomic mass is 16.5. The highest BCUT2D eigenvalue weighted by molar-refractivity contribution is 5.29. The van der Waals surface area contributed by atoms with E-state index in [0.29, 0.717) is 6.54 Å². The lowest BCUT2D eigenvalue weighted by atomic mass is 9.88. The number of hydrogen-bond donors (Lipinski definition) is 2. The second kappa shape index (κ2) is 7.08. The van der Waals surface area contributed by atoms with Crippen LogP contribution in [0.3, 0.4) is 0 Å². The molecule has 2 aromatic carbocycles. The third-order valence-electron chi connectivity index (χ3n) is 3.63. The Hall–Kier alpha value is -1.84. The normalized spacial score (nSPS) is 13.8. The first-order chi connectivity index (χ1) is 9.74. The van der Waals surface area contributed by atoms with Crippen molar-refractivity contribution in [2.45, 2.75) is 18.4 Å². The summed E-state index contributed by atoms with van der Waals surface area (Å²) < 4.78 is 5.16. The minimum Gasteiger partial charge on any atom is -0.497 e. The van der Waals surface area contributed by atoms with Gasteiger partial charge in [0.1, 0.15) is 5.75 Å². The number of nitrogens with two attached hydrogens (primary N) is 2. The summed E-state index contributed by atoms with van der Waals surface area (Å²) in [5.41, 5.74) is 14.7. The molecule has 0 bridgehead atoms. The monoisotopic (exact) mass is 270 g/mol. The molecule has 2 aromatic rings. The van der Waals surface area contributed by atoms with Gasteiger partial charge in [0.05, 0.1) is 7.11 Å². The molecule has 0 amide bonds. The zero-order valence-corrected chi connectivity index (χ0v) is 11.8. The molecule has 2 unspecified atom stereocenters. The van der Waals surface area contributed by atoms with Gasteiger partial charge in [-0.2, -0.15) is 0 Å². The van der Waals surface area contributed by atoms with E-state index in [1.54, 1.807) is 7.11 Å². The van der Waals surface area contributed by atoms with Crippen molar-refractivity contribution in [3.8, 4) is 5.75 Å². The zero-order valence-electron chi connectivity index (χ0n) is 11.8. The highest BCUT2D eigenvalue weighted by Crippen LogP contribution is 2.21. The van der Waals surface area contributed by atoms with E-state index in [1.165, 1.54) is 11.1 Å². The summed E-state index contributed by atoms with van der Waals surface area (Å²) in [6, 6.07) is 18.3. The highest BCUT2D eigenvalue weighted by Gasteiger charge is 2.18. The molecule has 20 heavy (non-hydrogen) atoms. The summed E-state index contributed by atoms with van der Waals surface area (Å²) in [6.07, 6.45) is 0.806. The fourth-order valence-electron chi connectivity index (χ4n) is 2.43. The van der Waals surface area contributed by atoms with Crippen LogP contribution in [0.15, 0.2) is 54.6 Å². The topological polar surface area (TPSA) is 61.3 Å². The van der Waals surface area contributed by atoms with Crippen molar-refractivity contribution in [3.05, 3.63) is 65.7 Å². The third-order valence-corrected chi connectivity index (χ3v) is 3.63. The average molecular weight is 270 g/mol. The predicted molar refractivity (Wildman–Crippen MR) is 82.9 cm³/mol. The fraction of sp³-hybridized carbons (Fsp3) is 0.294. The Kier molecular flexibility index (Phi) is 5.16. The van der Waals surface area contributed by atoms with E-state index in [2.05, 4.69) is 24.3 Å². The maximum atomic E-state index is 6.35. The first kappa shape index (κ1) is 14.6. The lowest BCUT2D eigenvalue weighted by Crippen LogP contribution is -2.35. The molecule has 0 aromatic heterocycles. The van der Waals surface area contributed by atoms with E-state index >= 15 is 0 Å². The van der Waals surface area contributed by atoms with E-state index in [9.17, 15) is 0 Å². The summed E-state index contributed by atoms with van der Waals surface area (Å²) in [5.74, 6) is 1.04. The Morgan fingerprint density at radius 3 is 2.20 bits per heavy atom. The van der Waals surface area contributed by atoms with Gasteiger partial charge in [-0.05, 0) is 29.7 Å². The van der Waals surface area contributed by atoms with Crippen molar-refractivity contribution in [3.63, 3.8) is 0 Å². The van der Waals surface area contributed by atoms with Crippen LogP contribution in [0.1, 0.15) is 17.0 Å². The SMILES string of the molecule is COc1ccc(CC(N)C(CN)c2ccccc2)cc1. The van der Waals surface area contributed by atoms with Gasteiger partial charge < -0.3 is 16.2 Å². The maximum Gasteiger partial charge on any atom is 0.118 e. The second-order valence-corrected chi connectivity index (χ2v) is 4.97. The minimum atomic E-state index is 0.01000. The van der Waals surface area contributed by atoms with Crippen molar-refractivity contribution in [2.75, 3.05) is 13.7 Å². The molecule has 2 rings (SSSR count). The quantitative estimate of drug-likeness (QED) is 0.846. The van der Waals surface area contributed by atoms with Crippen LogP contribution in [0.2, 0.25) is 0 Å². The van der Waals surface area contributed by atoms with Crippen LogP contribution < -0.4 is 16.2 Å². The van der Waals surface area contributed by atoms with Crippen molar-refractivity contribution >= 4 is 0 Å². The first-order valence-electron chi connectivity index (χ1n) is 6.88. The molecular weight excluding hydrogens is 248 g/mol. The standard InChI is InChI=1S/C17H22N2O/c1-20-15-9-7-13(8-10-15)11-17(19)16(12-18)14-5-3-2-4-6-14/h2-10,16-17H,11-12,18-19H2,1H3. The van der Waals surface area contributed by atoms with Crippen LogP contribution in [-0.2, 0) is 6.42 Å². The van der Waals surface area contributed by atoms with Gasteiger partial charge in [-0.15, -0.1) is 0 Å². The van der Waals surface area contributed by atoms with Crippen molar-refractivity contribution in [2.24, 2.45) is 11.5 Å². The molecule has 0 saturated heterocycles. The number of ether oxygens (including phenoxy) is 1. The van der Waals surface area contributed by atoms with E-state index in [4.69, 9.17) is 16.2 Å². The van der Waals surface area contributed by atoms with Gasteiger partial charge in [-0.25, -0.2) is 0 Å². The number of hydrogen-bond acceptors (Lipinski definition) is 3. The van der Waals surface area contributed by atoms with Gasteiger partial charge >= 0.3 is 0 Å². The van der Waals surface area contributed by atoms with Crippen LogP contribution in [0, 0.1) is 0 Å². The lowest BCUT2D eigenvalue weighted by Gasteiger charge is -2.23. The molecule has 106 valence electrons. The van der Waals surface area contributed by atoms with Crippen molar-refractivity contribution in [1.29, 1.82) is 0 Å². The van der Waals surface area contributed by atoms with Gasteiger partial charge in [-0.3, -0.25) is 0 Å². The van der Waals surface area contributed by atoms with Gasteiger partial charge in [-0.1, -0.05) is 42.5 Å². The van der Waals surface area contributed by atoms with Crippen molar-refractivity contribution in [1.82, 2.24) is 0 Å². The summed E-state index contributed by atoms with van der Waals surface area (Å²) >= 11 is 0. The van der Waals surface area contributed by atoms with Crippen LogP contribution in [-0.4, -0.2) is 19.7 Å². The Balaban J connectivity index is 2.07. The Morgan fingerprint density at radius 1 is 1.00 bits per heavy atom. The van der Waals surface area contributed by atoms with E-state index in [1.807, 2.05) is 30.3 Å². The molecule has 0 spiro atoms. The van der Waals surface area contributed by atoms with Crippen LogP contribution in [0.4, 0.5) is 0 Å².